The fourth-order valence-electron chi connectivity index (χ4n) is 2.75. The van der Waals surface area contributed by atoms with Crippen molar-refractivity contribution in [1.29, 1.82) is 0 Å². The largest absolute Gasteiger partial charge is 0.454 e. The van der Waals surface area contributed by atoms with Gasteiger partial charge in [0, 0.05) is 33.9 Å². The van der Waals surface area contributed by atoms with Gasteiger partial charge in [0.15, 0.2) is 6.61 Å². The van der Waals surface area contributed by atoms with Crippen molar-refractivity contribution in [1.82, 2.24) is 4.57 Å². The third-order valence-electron chi connectivity index (χ3n) is 3.97. The van der Waals surface area contributed by atoms with Crippen LogP contribution in [0.15, 0.2) is 29.7 Å². The van der Waals surface area contributed by atoms with Gasteiger partial charge < -0.3 is 9.30 Å². The second-order valence-corrected chi connectivity index (χ2v) is 6.74. The smallest absolute Gasteiger partial charge is 0.331 e. The standard InChI is InChI=1S/C18H19NO3S/c1-12-10-16(13(2)19(12)14-5-6-14)17(20)11-22-18(21)8-7-15-4-3-9-23-15/h3-4,7-10,14H,5-6,11H2,1-2H3. The Kier molecular flexibility index (Phi) is 4.48. The fourth-order valence-corrected chi connectivity index (χ4v) is 3.37. The van der Waals surface area contributed by atoms with Crippen LogP contribution in [0.1, 0.15) is 45.5 Å². The zero-order valence-corrected chi connectivity index (χ0v) is 14.1. The molecule has 4 nitrogen and oxygen atoms in total. The van der Waals surface area contributed by atoms with E-state index in [9.17, 15) is 9.59 Å². The number of nitrogens with zero attached hydrogens (tertiary/aromatic N) is 1. The Hall–Kier alpha value is -2.14. The zero-order chi connectivity index (χ0) is 16.4. The predicted octanol–water partition coefficient (Wildman–Crippen LogP) is 3.94. The van der Waals surface area contributed by atoms with E-state index in [-0.39, 0.29) is 12.4 Å². The number of hydrogen-bond acceptors (Lipinski definition) is 4. The summed E-state index contributed by atoms with van der Waals surface area (Å²) in [6, 6.07) is 6.25. The quantitative estimate of drug-likeness (QED) is 0.458. The Labute approximate surface area is 139 Å². The molecule has 0 saturated heterocycles. The average molecular weight is 329 g/mol. The molecule has 2 aromatic rings. The van der Waals surface area contributed by atoms with Crippen LogP contribution in [-0.4, -0.2) is 22.9 Å². The van der Waals surface area contributed by atoms with E-state index in [4.69, 9.17) is 4.74 Å². The first-order valence-electron chi connectivity index (χ1n) is 7.66. The molecule has 1 aliphatic carbocycles. The molecule has 0 N–H and O–H groups in total. The third kappa shape index (κ3) is 3.62. The molecular formula is C18H19NO3S. The molecule has 2 aromatic heterocycles. The number of carbonyl (C=O) groups excluding carboxylic acids is 2. The van der Waals surface area contributed by atoms with Crippen molar-refractivity contribution < 1.29 is 14.3 Å². The highest BCUT2D eigenvalue weighted by Crippen LogP contribution is 2.38. The second kappa shape index (κ2) is 6.54. The third-order valence-corrected chi connectivity index (χ3v) is 4.81. The summed E-state index contributed by atoms with van der Waals surface area (Å²) in [5, 5.41) is 1.93. The van der Waals surface area contributed by atoms with Gasteiger partial charge in [0.1, 0.15) is 0 Å². The summed E-state index contributed by atoms with van der Waals surface area (Å²) < 4.78 is 7.27. The van der Waals surface area contributed by atoms with E-state index in [0.717, 1.165) is 16.3 Å². The number of hydrogen-bond donors (Lipinski definition) is 0. The Bertz CT molecular complexity index is 752. The molecule has 5 heteroatoms. The van der Waals surface area contributed by atoms with Crippen LogP contribution >= 0.6 is 11.3 Å². The molecule has 0 spiro atoms. The maximum atomic E-state index is 12.3. The normalized spacial score (nSPS) is 14.3. The number of esters is 1. The number of aromatic nitrogens is 1. The molecule has 23 heavy (non-hydrogen) atoms. The summed E-state index contributed by atoms with van der Waals surface area (Å²) in [5.41, 5.74) is 2.72. The topological polar surface area (TPSA) is 48.3 Å². The second-order valence-electron chi connectivity index (χ2n) is 5.77. The molecule has 1 saturated carbocycles. The van der Waals surface area contributed by atoms with E-state index in [1.165, 1.54) is 30.3 Å². The monoisotopic (exact) mass is 329 g/mol. The molecule has 0 atom stereocenters. The van der Waals surface area contributed by atoms with E-state index in [1.54, 1.807) is 6.08 Å². The van der Waals surface area contributed by atoms with Gasteiger partial charge in [-0.05, 0) is 50.3 Å². The molecule has 2 heterocycles. The van der Waals surface area contributed by atoms with Gasteiger partial charge in [0.25, 0.3) is 0 Å². The molecule has 0 radical (unpaired) electrons. The number of ketones is 1. The highest BCUT2D eigenvalue weighted by Gasteiger charge is 2.28. The predicted molar refractivity (Wildman–Crippen MR) is 90.8 cm³/mol. The fraction of sp³-hybridized carbons (Fsp3) is 0.333. The summed E-state index contributed by atoms with van der Waals surface area (Å²) in [5.74, 6) is -0.648. The minimum Gasteiger partial charge on any atom is -0.454 e. The van der Waals surface area contributed by atoms with Gasteiger partial charge >= 0.3 is 5.97 Å². The zero-order valence-electron chi connectivity index (χ0n) is 13.2. The van der Waals surface area contributed by atoms with Crippen molar-refractivity contribution in [2.75, 3.05) is 6.61 Å². The molecule has 1 aliphatic rings. The van der Waals surface area contributed by atoms with Crippen LogP contribution in [0.2, 0.25) is 0 Å². The minimum atomic E-state index is -0.497. The van der Waals surface area contributed by atoms with Crippen molar-refractivity contribution in [3.05, 3.63) is 51.5 Å². The van der Waals surface area contributed by atoms with Gasteiger partial charge in [0.05, 0.1) is 0 Å². The lowest BCUT2D eigenvalue weighted by atomic mass is 10.1. The molecule has 3 rings (SSSR count). The Morgan fingerprint density at radius 2 is 2.17 bits per heavy atom. The van der Waals surface area contributed by atoms with Crippen molar-refractivity contribution in [2.24, 2.45) is 0 Å². The van der Waals surface area contributed by atoms with Gasteiger partial charge in [-0.25, -0.2) is 4.79 Å². The maximum Gasteiger partial charge on any atom is 0.331 e. The first-order chi connectivity index (χ1) is 11.1. The lowest BCUT2D eigenvalue weighted by Gasteiger charge is -2.07. The van der Waals surface area contributed by atoms with E-state index in [1.807, 2.05) is 37.4 Å². The van der Waals surface area contributed by atoms with Crippen LogP contribution in [0.4, 0.5) is 0 Å². The van der Waals surface area contributed by atoms with Crippen LogP contribution in [0.5, 0.6) is 0 Å². The summed E-state index contributed by atoms with van der Waals surface area (Å²) in [6.07, 6.45) is 5.39. The summed E-state index contributed by atoms with van der Waals surface area (Å²) >= 11 is 1.54. The molecular weight excluding hydrogens is 310 g/mol. The average Bonchev–Trinajstić information content (AvgIpc) is 3.12. The number of carbonyl (C=O) groups is 2. The van der Waals surface area contributed by atoms with Gasteiger partial charge in [-0.1, -0.05) is 6.07 Å². The number of ether oxygens (including phenoxy) is 1. The molecule has 120 valence electrons. The number of Topliss-reactive ketones (excluding diaryl/α,β-unsaturated/α-hetero) is 1. The molecule has 0 amide bonds. The van der Waals surface area contributed by atoms with Crippen molar-refractivity contribution in [3.63, 3.8) is 0 Å². The van der Waals surface area contributed by atoms with Gasteiger partial charge in [-0.2, -0.15) is 0 Å². The van der Waals surface area contributed by atoms with Crippen LogP contribution in [0, 0.1) is 13.8 Å². The Morgan fingerprint density at radius 3 is 2.83 bits per heavy atom. The van der Waals surface area contributed by atoms with Gasteiger partial charge in [-0.3, -0.25) is 4.79 Å². The van der Waals surface area contributed by atoms with Crippen LogP contribution in [0.3, 0.4) is 0 Å². The Balaban J connectivity index is 1.59. The van der Waals surface area contributed by atoms with Crippen molar-refractivity contribution in [2.45, 2.75) is 32.7 Å². The SMILES string of the molecule is Cc1cc(C(=O)COC(=O)C=Cc2cccs2)c(C)n1C1CC1. The Morgan fingerprint density at radius 1 is 1.39 bits per heavy atom. The summed E-state index contributed by atoms with van der Waals surface area (Å²) in [4.78, 5) is 25.0. The van der Waals surface area contributed by atoms with Crippen LogP contribution in [-0.2, 0) is 9.53 Å². The lowest BCUT2D eigenvalue weighted by molar-refractivity contribution is -0.136. The molecule has 0 aromatic carbocycles. The summed E-state index contributed by atoms with van der Waals surface area (Å²) in [6.45, 7) is 3.75. The van der Waals surface area contributed by atoms with Crippen LogP contribution < -0.4 is 0 Å². The number of rotatable bonds is 6. The van der Waals surface area contributed by atoms with Crippen molar-refractivity contribution >= 4 is 29.2 Å². The molecule has 0 bridgehead atoms. The van der Waals surface area contributed by atoms with E-state index in [2.05, 4.69) is 4.57 Å². The number of aryl methyl sites for hydroxylation is 1. The maximum absolute atomic E-state index is 12.3. The first kappa shape index (κ1) is 15.7. The molecule has 0 aliphatic heterocycles. The van der Waals surface area contributed by atoms with Gasteiger partial charge in [-0.15, -0.1) is 11.3 Å². The minimum absolute atomic E-state index is 0.150. The van der Waals surface area contributed by atoms with Crippen molar-refractivity contribution in [3.8, 4) is 0 Å². The highest BCUT2D eigenvalue weighted by atomic mass is 32.1. The van der Waals surface area contributed by atoms with Gasteiger partial charge in [0.2, 0.25) is 5.78 Å². The summed E-state index contributed by atoms with van der Waals surface area (Å²) in [7, 11) is 0. The van der Waals surface area contributed by atoms with E-state index < -0.39 is 5.97 Å². The van der Waals surface area contributed by atoms with Crippen LogP contribution in [0.25, 0.3) is 6.08 Å². The van der Waals surface area contributed by atoms with E-state index in [0.29, 0.717) is 11.6 Å². The molecule has 0 unspecified atom stereocenters. The van der Waals surface area contributed by atoms with E-state index >= 15 is 0 Å². The highest BCUT2D eigenvalue weighted by molar-refractivity contribution is 7.10. The molecule has 1 fully saturated rings. The lowest BCUT2D eigenvalue weighted by Crippen LogP contribution is -2.13. The first-order valence-corrected chi connectivity index (χ1v) is 8.54. The number of thiophene rings is 1.